The lowest BCUT2D eigenvalue weighted by Crippen LogP contribution is -2.36. The molecule has 0 amide bonds. The van der Waals surface area contributed by atoms with E-state index in [1.54, 1.807) is 6.20 Å². The van der Waals surface area contributed by atoms with E-state index >= 15 is 0 Å². The third-order valence-corrected chi connectivity index (χ3v) is 5.68. The van der Waals surface area contributed by atoms with Gasteiger partial charge in [-0.3, -0.25) is 0 Å². The van der Waals surface area contributed by atoms with Gasteiger partial charge in [0.15, 0.2) is 5.65 Å². The number of rotatable bonds is 4. The molecule has 0 radical (unpaired) electrons. The van der Waals surface area contributed by atoms with Crippen LogP contribution in [0.4, 0.5) is 17.2 Å². The summed E-state index contributed by atoms with van der Waals surface area (Å²) < 4.78 is 7.26. The molecule has 1 aliphatic heterocycles. The molecule has 0 atom stereocenters. The highest BCUT2D eigenvalue weighted by Crippen LogP contribution is 2.29. The van der Waals surface area contributed by atoms with Gasteiger partial charge in [0.1, 0.15) is 18.2 Å². The van der Waals surface area contributed by atoms with Gasteiger partial charge in [0, 0.05) is 18.8 Å². The second-order valence-corrected chi connectivity index (χ2v) is 7.87. The minimum atomic E-state index is 0.619. The van der Waals surface area contributed by atoms with Gasteiger partial charge in [0.05, 0.1) is 41.7 Å². The average molecular weight is 425 g/mol. The molecule has 1 aliphatic rings. The van der Waals surface area contributed by atoms with Gasteiger partial charge in [-0.15, -0.1) is 0 Å². The maximum absolute atomic E-state index is 9.71. The lowest BCUT2D eigenvalue weighted by atomic mass is 10.1. The number of ether oxygens (including phenoxy) is 1. The zero-order valence-corrected chi connectivity index (χ0v) is 18.0. The van der Waals surface area contributed by atoms with E-state index in [2.05, 4.69) is 63.4 Å². The molecule has 0 aliphatic carbocycles. The van der Waals surface area contributed by atoms with Crippen LogP contribution in [0.1, 0.15) is 16.7 Å². The van der Waals surface area contributed by atoms with Gasteiger partial charge in [0.25, 0.3) is 0 Å². The first-order valence-electron chi connectivity index (χ1n) is 10.5. The lowest BCUT2D eigenvalue weighted by molar-refractivity contribution is 0.122. The molecule has 0 bridgehead atoms. The summed E-state index contributed by atoms with van der Waals surface area (Å²) in [5.74, 6) is 0.647. The van der Waals surface area contributed by atoms with Crippen LogP contribution in [0.5, 0.6) is 0 Å². The van der Waals surface area contributed by atoms with Crippen LogP contribution in [0, 0.1) is 25.2 Å². The number of benzene rings is 2. The summed E-state index contributed by atoms with van der Waals surface area (Å²) in [7, 11) is 0. The number of morpholine rings is 1. The Morgan fingerprint density at radius 3 is 2.62 bits per heavy atom. The van der Waals surface area contributed by atoms with Crippen LogP contribution < -0.4 is 10.2 Å². The minimum absolute atomic E-state index is 0.619. The van der Waals surface area contributed by atoms with Crippen molar-refractivity contribution in [2.75, 3.05) is 36.5 Å². The van der Waals surface area contributed by atoms with Crippen LogP contribution in [-0.2, 0) is 4.74 Å². The normalized spacial score (nSPS) is 13.8. The highest BCUT2D eigenvalue weighted by molar-refractivity contribution is 5.89. The molecule has 8 heteroatoms. The Morgan fingerprint density at radius 2 is 1.84 bits per heavy atom. The number of hydrogen-bond donors (Lipinski definition) is 1. The second-order valence-electron chi connectivity index (χ2n) is 7.87. The van der Waals surface area contributed by atoms with Gasteiger partial charge in [-0.1, -0.05) is 17.7 Å². The average Bonchev–Trinajstić information content (AvgIpc) is 3.24. The molecule has 5 rings (SSSR count). The number of nitriles is 1. The predicted octanol–water partition coefficient (Wildman–Crippen LogP) is 3.88. The fourth-order valence-corrected chi connectivity index (χ4v) is 4.08. The monoisotopic (exact) mass is 425 g/mol. The quantitative estimate of drug-likeness (QED) is 0.530. The molecule has 1 fully saturated rings. The Morgan fingerprint density at radius 1 is 1.03 bits per heavy atom. The van der Waals surface area contributed by atoms with E-state index in [1.807, 2.05) is 22.9 Å². The van der Waals surface area contributed by atoms with E-state index in [1.165, 1.54) is 11.9 Å². The predicted molar refractivity (Wildman–Crippen MR) is 124 cm³/mol. The minimum Gasteiger partial charge on any atom is -0.378 e. The first-order valence-corrected chi connectivity index (χ1v) is 10.5. The van der Waals surface area contributed by atoms with Gasteiger partial charge < -0.3 is 15.0 Å². The summed E-state index contributed by atoms with van der Waals surface area (Å²) in [6, 6.07) is 14.4. The Bertz CT molecular complexity index is 1330. The molecule has 0 spiro atoms. The van der Waals surface area contributed by atoms with E-state index in [4.69, 9.17) is 4.74 Å². The molecule has 8 nitrogen and oxygen atoms in total. The lowest BCUT2D eigenvalue weighted by Gasteiger charge is -2.29. The first kappa shape index (κ1) is 20.0. The molecule has 0 saturated carbocycles. The number of nitrogens with zero attached hydrogens (tertiary/aromatic N) is 6. The van der Waals surface area contributed by atoms with E-state index < -0.39 is 0 Å². The van der Waals surface area contributed by atoms with E-state index in [-0.39, 0.29) is 0 Å². The summed E-state index contributed by atoms with van der Waals surface area (Å²) in [6.45, 7) is 7.05. The van der Waals surface area contributed by atoms with Crippen molar-refractivity contribution in [1.82, 2.24) is 19.7 Å². The zero-order chi connectivity index (χ0) is 22.1. The molecule has 1 N–H and O–H groups in total. The summed E-state index contributed by atoms with van der Waals surface area (Å²) >= 11 is 0. The zero-order valence-electron chi connectivity index (χ0n) is 18.0. The van der Waals surface area contributed by atoms with Gasteiger partial charge >= 0.3 is 0 Å². The molecule has 2 aromatic heterocycles. The third-order valence-electron chi connectivity index (χ3n) is 5.68. The van der Waals surface area contributed by atoms with Crippen molar-refractivity contribution in [1.29, 1.82) is 5.26 Å². The van der Waals surface area contributed by atoms with Crippen molar-refractivity contribution in [3.8, 4) is 11.8 Å². The van der Waals surface area contributed by atoms with Gasteiger partial charge in [-0.25, -0.2) is 14.6 Å². The largest absolute Gasteiger partial charge is 0.378 e. The van der Waals surface area contributed by atoms with Gasteiger partial charge in [-0.2, -0.15) is 10.4 Å². The Hall–Kier alpha value is -3.96. The van der Waals surface area contributed by atoms with Crippen molar-refractivity contribution in [3.63, 3.8) is 0 Å². The van der Waals surface area contributed by atoms with E-state index in [0.29, 0.717) is 24.6 Å². The van der Waals surface area contributed by atoms with Crippen molar-refractivity contribution in [2.24, 2.45) is 0 Å². The number of fused-ring (bicyclic) bond motifs is 1. The fraction of sp³-hybridized carbons (Fsp3) is 0.250. The highest BCUT2D eigenvalue weighted by atomic mass is 16.5. The van der Waals surface area contributed by atoms with E-state index in [0.717, 1.165) is 46.7 Å². The van der Waals surface area contributed by atoms with Crippen LogP contribution in [0.15, 0.2) is 48.9 Å². The van der Waals surface area contributed by atoms with Crippen LogP contribution in [0.3, 0.4) is 0 Å². The van der Waals surface area contributed by atoms with E-state index in [9.17, 15) is 5.26 Å². The number of aryl methyl sites for hydroxylation is 2. The third kappa shape index (κ3) is 3.63. The molecular formula is C24H23N7O. The topological polar surface area (TPSA) is 91.9 Å². The summed E-state index contributed by atoms with van der Waals surface area (Å²) in [6.07, 6.45) is 3.30. The molecular weight excluding hydrogens is 402 g/mol. The van der Waals surface area contributed by atoms with Crippen molar-refractivity contribution < 1.29 is 4.74 Å². The van der Waals surface area contributed by atoms with Crippen LogP contribution >= 0.6 is 0 Å². The number of nitrogens with one attached hydrogen (secondary N) is 1. The SMILES string of the molecule is Cc1ccc(-n2ncc3c(Nc4ccc(N5CCOCC5)c(C#N)c4)ncnc32)c(C)c1. The number of hydrogen-bond acceptors (Lipinski definition) is 7. The van der Waals surface area contributed by atoms with Crippen LogP contribution in [0.2, 0.25) is 0 Å². The van der Waals surface area contributed by atoms with Crippen LogP contribution in [-0.4, -0.2) is 46.1 Å². The number of anilines is 3. The molecule has 160 valence electrons. The van der Waals surface area contributed by atoms with Gasteiger partial charge in [-0.05, 0) is 43.7 Å². The first-order chi connectivity index (χ1) is 15.6. The second kappa shape index (κ2) is 8.29. The molecule has 3 heterocycles. The maximum atomic E-state index is 9.71. The molecule has 0 unspecified atom stereocenters. The maximum Gasteiger partial charge on any atom is 0.168 e. The Labute approximate surface area is 186 Å². The van der Waals surface area contributed by atoms with Crippen molar-refractivity contribution >= 4 is 28.2 Å². The van der Waals surface area contributed by atoms with Crippen molar-refractivity contribution in [3.05, 3.63) is 65.6 Å². The molecule has 1 saturated heterocycles. The Balaban J connectivity index is 1.48. The fourth-order valence-electron chi connectivity index (χ4n) is 4.08. The number of aromatic nitrogens is 4. The summed E-state index contributed by atoms with van der Waals surface area (Å²) in [5.41, 5.74) is 6.37. The van der Waals surface area contributed by atoms with Gasteiger partial charge in [0.2, 0.25) is 0 Å². The summed E-state index contributed by atoms with van der Waals surface area (Å²) in [5, 5.41) is 18.4. The molecule has 2 aromatic carbocycles. The smallest absolute Gasteiger partial charge is 0.168 e. The van der Waals surface area contributed by atoms with Crippen molar-refractivity contribution in [2.45, 2.75) is 13.8 Å². The molecule has 4 aromatic rings. The Kier molecular flexibility index (Phi) is 5.17. The highest BCUT2D eigenvalue weighted by Gasteiger charge is 2.17. The van der Waals surface area contributed by atoms with Crippen LogP contribution in [0.25, 0.3) is 16.7 Å². The standard InChI is InChI=1S/C24H23N7O/c1-16-3-5-21(17(2)11-16)31-24-20(14-28-31)23(26-15-27-24)29-19-4-6-22(18(12-19)13-25)30-7-9-32-10-8-30/h3-6,11-12,14-15H,7-10H2,1-2H3,(H,26,27,29). The molecule has 32 heavy (non-hydrogen) atoms. The summed E-state index contributed by atoms with van der Waals surface area (Å²) in [4.78, 5) is 11.1.